The summed E-state index contributed by atoms with van der Waals surface area (Å²) in [6.07, 6.45) is 0. The van der Waals surface area contributed by atoms with E-state index in [4.69, 9.17) is 15.2 Å². The van der Waals surface area contributed by atoms with Gasteiger partial charge in [0, 0.05) is 17.5 Å². The van der Waals surface area contributed by atoms with Crippen LogP contribution in [0.4, 0.5) is 5.69 Å². The molecule has 0 fully saturated rings. The standard InChI is InChI=1S/C18H18N2O2/c1-2-21-15-10-14-8-9-17(20-18(14)16(19)11-15)22-12-13-6-4-3-5-7-13/h3-11H,2,12,19H2,1H3. The Balaban J connectivity index is 1.83. The summed E-state index contributed by atoms with van der Waals surface area (Å²) < 4.78 is 11.2. The Kier molecular flexibility index (Phi) is 4.10. The summed E-state index contributed by atoms with van der Waals surface area (Å²) in [7, 11) is 0. The Morgan fingerprint density at radius 1 is 1.00 bits per heavy atom. The van der Waals surface area contributed by atoms with E-state index in [9.17, 15) is 0 Å². The molecule has 4 heteroatoms. The molecule has 0 radical (unpaired) electrons. The minimum absolute atomic E-state index is 0.482. The third-order valence-electron chi connectivity index (χ3n) is 3.31. The van der Waals surface area contributed by atoms with E-state index in [2.05, 4.69) is 4.98 Å². The lowest BCUT2D eigenvalue weighted by molar-refractivity contribution is 0.295. The normalized spacial score (nSPS) is 10.6. The van der Waals surface area contributed by atoms with Crippen LogP contribution in [-0.4, -0.2) is 11.6 Å². The van der Waals surface area contributed by atoms with Crippen molar-refractivity contribution in [1.29, 1.82) is 0 Å². The van der Waals surface area contributed by atoms with Crippen LogP contribution in [0.2, 0.25) is 0 Å². The molecule has 0 saturated heterocycles. The van der Waals surface area contributed by atoms with E-state index in [0.717, 1.165) is 22.2 Å². The quantitative estimate of drug-likeness (QED) is 0.727. The number of aromatic nitrogens is 1. The predicted octanol–water partition coefficient (Wildman–Crippen LogP) is 3.79. The van der Waals surface area contributed by atoms with E-state index in [1.54, 1.807) is 6.07 Å². The van der Waals surface area contributed by atoms with Crippen LogP contribution in [0.1, 0.15) is 12.5 Å². The largest absolute Gasteiger partial charge is 0.494 e. The number of nitrogen functional groups attached to an aromatic ring is 1. The van der Waals surface area contributed by atoms with Crippen molar-refractivity contribution in [2.45, 2.75) is 13.5 Å². The topological polar surface area (TPSA) is 57.4 Å². The maximum Gasteiger partial charge on any atom is 0.214 e. The Morgan fingerprint density at radius 2 is 1.82 bits per heavy atom. The number of nitrogens with two attached hydrogens (primary N) is 1. The molecular formula is C18H18N2O2. The van der Waals surface area contributed by atoms with E-state index >= 15 is 0 Å². The first-order chi connectivity index (χ1) is 10.8. The number of benzene rings is 2. The first-order valence-electron chi connectivity index (χ1n) is 7.26. The summed E-state index contributed by atoms with van der Waals surface area (Å²) in [5.74, 6) is 1.32. The first kappa shape index (κ1) is 14.2. The molecule has 3 aromatic rings. The molecule has 0 amide bonds. The van der Waals surface area contributed by atoms with Crippen molar-refractivity contribution in [3.63, 3.8) is 0 Å². The van der Waals surface area contributed by atoms with Gasteiger partial charge in [0.2, 0.25) is 5.88 Å². The van der Waals surface area contributed by atoms with Crippen molar-refractivity contribution in [2.75, 3.05) is 12.3 Å². The molecule has 1 heterocycles. The van der Waals surface area contributed by atoms with Gasteiger partial charge in [0.25, 0.3) is 0 Å². The van der Waals surface area contributed by atoms with Crippen molar-refractivity contribution in [3.8, 4) is 11.6 Å². The van der Waals surface area contributed by atoms with Crippen LogP contribution in [-0.2, 0) is 6.61 Å². The van der Waals surface area contributed by atoms with Gasteiger partial charge in [0.05, 0.1) is 17.8 Å². The van der Waals surface area contributed by atoms with Crippen LogP contribution in [0, 0.1) is 0 Å². The maximum atomic E-state index is 6.07. The molecule has 0 saturated carbocycles. The van der Waals surface area contributed by atoms with Crippen LogP contribution in [0.15, 0.2) is 54.6 Å². The summed E-state index contributed by atoms with van der Waals surface area (Å²) in [5.41, 5.74) is 8.49. The summed E-state index contributed by atoms with van der Waals surface area (Å²) in [6.45, 7) is 3.03. The molecule has 0 bridgehead atoms. The van der Waals surface area contributed by atoms with E-state index in [1.807, 2.05) is 55.5 Å². The number of nitrogens with zero attached hydrogens (tertiary/aromatic N) is 1. The first-order valence-corrected chi connectivity index (χ1v) is 7.26. The summed E-state index contributed by atoms with van der Waals surface area (Å²) in [5, 5.41) is 0.940. The molecule has 112 valence electrons. The highest BCUT2D eigenvalue weighted by molar-refractivity contribution is 5.91. The molecule has 0 aliphatic heterocycles. The second-order valence-electron chi connectivity index (χ2n) is 4.94. The zero-order valence-corrected chi connectivity index (χ0v) is 12.5. The Hall–Kier alpha value is -2.75. The van der Waals surface area contributed by atoms with Gasteiger partial charge in [-0.05, 0) is 24.6 Å². The lowest BCUT2D eigenvalue weighted by Gasteiger charge is -2.10. The maximum absolute atomic E-state index is 6.07. The average Bonchev–Trinajstić information content (AvgIpc) is 2.54. The molecule has 0 aliphatic carbocycles. The Morgan fingerprint density at radius 3 is 2.59 bits per heavy atom. The van der Waals surface area contributed by atoms with Crippen molar-refractivity contribution in [3.05, 3.63) is 60.2 Å². The zero-order chi connectivity index (χ0) is 15.4. The molecule has 0 spiro atoms. The van der Waals surface area contributed by atoms with Crippen LogP contribution in [0.5, 0.6) is 11.6 Å². The lowest BCUT2D eigenvalue weighted by atomic mass is 10.2. The molecule has 22 heavy (non-hydrogen) atoms. The number of fused-ring (bicyclic) bond motifs is 1. The number of hydrogen-bond donors (Lipinski definition) is 1. The van der Waals surface area contributed by atoms with Gasteiger partial charge in [0.1, 0.15) is 12.4 Å². The fourth-order valence-corrected chi connectivity index (χ4v) is 2.28. The van der Waals surface area contributed by atoms with Crippen LogP contribution < -0.4 is 15.2 Å². The summed E-state index contributed by atoms with van der Waals surface area (Å²) >= 11 is 0. The molecule has 3 rings (SSSR count). The molecule has 1 aromatic heterocycles. The molecule has 0 unspecified atom stereocenters. The van der Waals surface area contributed by atoms with Crippen LogP contribution in [0.3, 0.4) is 0 Å². The fourth-order valence-electron chi connectivity index (χ4n) is 2.28. The summed E-state index contributed by atoms with van der Waals surface area (Å²) in [4.78, 5) is 4.49. The molecule has 2 aromatic carbocycles. The molecule has 2 N–H and O–H groups in total. The van der Waals surface area contributed by atoms with Gasteiger partial charge in [-0.2, -0.15) is 0 Å². The van der Waals surface area contributed by atoms with Crippen LogP contribution >= 0.6 is 0 Å². The predicted molar refractivity (Wildman–Crippen MR) is 88.1 cm³/mol. The Labute approximate surface area is 129 Å². The van der Waals surface area contributed by atoms with Crippen molar-refractivity contribution < 1.29 is 9.47 Å². The van der Waals surface area contributed by atoms with Gasteiger partial charge in [-0.15, -0.1) is 0 Å². The van der Waals surface area contributed by atoms with E-state index in [-0.39, 0.29) is 0 Å². The highest BCUT2D eigenvalue weighted by atomic mass is 16.5. The lowest BCUT2D eigenvalue weighted by Crippen LogP contribution is -1.99. The zero-order valence-electron chi connectivity index (χ0n) is 12.5. The van der Waals surface area contributed by atoms with Gasteiger partial charge in [-0.1, -0.05) is 30.3 Å². The number of pyridine rings is 1. The minimum Gasteiger partial charge on any atom is -0.494 e. The Bertz CT molecular complexity index is 773. The second-order valence-corrected chi connectivity index (χ2v) is 4.94. The van der Waals surface area contributed by atoms with Crippen molar-refractivity contribution in [2.24, 2.45) is 0 Å². The summed E-state index contributed by atoms with van der Waals surface area (Å²) in [6, 6.07) is 17.5. The fraction of sp³-hybridized carbons (Fsp3) is 0.167. The van der Waals surface area contributed by atoms with Crippen molar-refractivity contribution >= 4 is 16.6 Å². The van der Waals surface area contributed by atoms with Gasteiger partial charge in [-0.3, -0.25) is 0 Å². The highest BCUT2D eigenvalue weighted by Crippen LogP contribution is 2.28. The van der Waals surface area contributed by atoms with E-state index in [0.29, 0.717) is 24.8 Å². The second kappa shape index (κ2) is 6.35. The number of hydrogen-bond acceptors (Lipinski definition) is 4. The SMILES string of the molecule is CCOc1cc(N)c2nc(OCc3ccccc3)ccc2c1. The monoisotopic (exact) mass is 294 g/mol. The van der Waals surface area contributed by atoms with Gasteiger partial charge >= 0.3 is 0 Å². The average molecular weight is 294 g/mol. The van der Waals surface area contributed by atoms with Gasteiger partial charge in [0.15, 0.2) is 0 Å². The number of ether oxygens (including phenoxy) is 2. The smallest absolute Gasteiger partial charge is 0.214 e. The number of anilines is 1. The molecule has 0 aliphatic rings. The highest BCUT2D eigenvalue weighted by Gasteiger charge is 2.06. The third-order valence-corrected chi connectivity index (χ3v) is 3.31. The van der Waals surface area contributed by atoms with Crippen molar-refractivity contribution in [1.82, 2.24) is 4.98 Å². The van der Waals surface area contributed by atoms with Gasteiger partial charge < -0.3 is 15.2 Å². The number of rotatable bonds is 5. The van der Waals surface area contributed by atoms with E-state index in [1.165, 1.54) is 0 Å². The molecule has 0 atom stereocenters. The third kappa shape index (κ3) is 3.11. The van der Waals surface area contributed by atoms with Crippen LogP contribution in [0.25, 0.3) is 10.9 Å². The minimum atomic E-state index is 0.482. The van der Waals surface area contributed by atoms with E-state index < -0.39 is 0 Å². The molecule has 4 nitrogen and oxygen atoms in total. The molecular weight excluding hydrogens is 276 g/mol. The van der Waals surface area contributed by atoms with Gasteiger partial charge in [-0.25, -0.2) is 4.98 Å².